The maximum Gasteiger partial charge on any atom is 0.227 e. The molecule has 1 amide bonds. The van der Waals surface area contributed by atoms with Crippen molar-refractivity contribution in [1.82, 2.24) is 5.32 Å². The average molecular weight is 331 g/mol. The predicted octanol–water partition coefficient (Wildman–Crippen LogP) is 3.58. The number of nitrogens with one attached hydrogen (secondary N) is 1. The van der Waals surface area contributed by atoms with Crippen molar-refractivity contribution in [3.05, 3.63) is 102 Å². The number of benzene rings is 2. The molecule has 3 nitrogen and oxygen atoms in total. The van der Waals surface area contributed by atoms with Gasteiger partial charge in [0, 0.05) is 12.1 Å². The Hall–Kier alpha value is -2.94. The maximum absolute atomic E-state index is 12.5. The van der Waals surface area contributed by atoms with Gasteiger partial charge in [-0.3, -0.25) is 4.79 Å². The summed E-state index contributed by atoms with van der Waals surface area (Å²) in [4.78, 5) is 12.5. The molecule has 0 aliphatic carbocycles. The zero-order valence-corrected chi connectivity index (χ0v) is 14.4. The molecule has 0 radical (unpaired) electrons. The minimum Gasteiger partial charge on any atom is -0.345 e. The molecule has 0 fully saturated rings. The van der Waals surface area contributed by atoms with Crippen LogP contribution < -0.4 is 9.88 Å². The number of hydrogen-bond acceptors (Lipinski definition) is 1. The third-order valence-electron chi connectivity index (χ3n) is 4.23. The molecule has 2 aromatic carbocycles. The van der Waals surface area contributed by atoms with Crippen LogP contribution in [0.1, 0.15) is 29.2 Å². The first-order chi connectivity index (χ1) is 12.2. The standard InChI is InChI=1S/C22H22N2O/c1-18-12-15-24(16-13-18)17-14-21(25)23-22(19-8-4-2-5-9-19)20-10-6-3-7-11-20/h2-13,15-16,22H,14,17H2,1H3/p+1. The number of pyridine rings is 1. The number of hydrogen-bond donors (Lipinski definition) is 1. The fourth-order valence-corrected chi connectivity index (χ4v) is 2.79. The Morgan fingerprint density at radius 3 is 1.92 bits per heavy atom. The van der Waals surface area contributed by atoms with Crippen molar-refractivity contribution in [2.75, 3.05) is 0 Å². The van der Waals surface area contributed by atoms with Crippen LogP contribution in [0.3, 0.4) is 0 Å². The largest absolute Gasteiger partial charge is 0.345 e. The van der Waals surface area contributed by atoms with E-state index in [1.807, 2.05) is 77.6 Å². The van der Waals surface area contributed by atoms with Gasteiger partial charge in [-0.15, -0.1) is 0 Å². The van der Waals surface area contributed by atoms with E-state index in [0.29, 0.717) is 13.0 Å². The van der Waals surface area contributed by atoms with Crippen molar-refractivity contribution in [3.63, 3.8) is 0 Å². The highest BCUT2D eigenvalue weighted by atomic mass is 16.1. The molecule has 0 aliphatic rings. The Balaban J connectivity index is 1.69. The SMILES string of the molecule is Cc1cc[n+](CCC(=O)NC(c2ccccc2)c2ccccc2)cc1. The van der Waals surface area contributed by atoms with E-state index in [9.17, 15) is 4.79 Å². The minimum absolute atomic E-state index is 0.0470. The Bertz CT molecular complexity index is 759. The lowest BCUT2D eigenvalue weighted by Gasteiger charge is -2.19. The summed E-state index contributed by atoms with van der Waals surface area (Å²) >= 11 is 0. The minimum atomic E-state index is -0.127. The van der Waals surface area contributed by atoms with Crippen molar-refractivity contribution in [2.45, 2.75) is 25.9 Å². The summed E-state index contributed by atoms with van der Waals surface area (Å²) in [7, 11) is 0. The lowest BCUT2D eigenvalue weighted by atomic mass is 9.98. The second-order valence-electron chi connectivity index (χ2n) is 6.19. The summed E-state index contributed by atoms with van der Waals surface area (Å²) in [5, 5.41) is 3.18. The second kappa shape index (κ2) is 8.25. The van der Waals surface area contributed by atoms with Crippen molar-refractivity contribution in [3.8, 4) is 0 Å². The van der Waals surface area contributed by atoms with Crippen molar-refractivity contribution >= 4 is 5.91 Å². The molecular weight excluding hydrogens is 308 g/mol. The first-order valence-electron chi connectivity index (χ1n) is 8.57. The van der Waals surface area contributed by atoms with Gasteiger partial charge in [0.05, 0.1) is 12.5 Å². The predicted molar refractivity (Wildman–Crippen MR) is 98.9 cm³/mol. The van der Waals surface area contributed by atoms with Crippen LogP contribution in [0.15, 0.2) is 85.2 Å². The van der Waals surface area contributed by atoms with Crippen LogP contribution in [-0.4, -0.2) is 5.91 Å². The van der Waals surface area contributed by atoms with E-state index < -0.39 is 0 Å². The quantitative estimate of drug-likeness (QED) is 0.688. The molecular formula is C22H23N2O+. The lowest BCUT2D eigenvalue weighted by molar-refractivity contribution is -0.695. The zero-order chi connectivity index (χ0) is 17.5. The first-order valence-corrected chi connectivity index (χ1v) is 8.57. The fraction of sp³-hybridized carbons (Fsp3) is 0.182. The molecule has 1 aromatic heterocycles. The van der Waals surface area contributed by atoms with Gasteiger partial charge >= 0.3 is 0 Å². The molecule has 0 bridgehead atoms. The van der Waals surface area contributed by atoms with Gasteiger partial charge in [-0.2, -0.15) is 0 Å². The van der Waals surface area contributed by atoms with E-state index in [-0.39, 0.29) is 11.9 Å². The summed E-state index contributed by atoms with van der Waals surface area (Å²) < 4.78 is 2.03. The molecule has 25 heavy (non-hydrogen) atoms. The third-order valence-corrected chi connectivity index (χ3v) is 4.23. The van der Waals surface area contributed by atoms with Crippen molar-refractivity contribution < 1.29 is 9.36 Å². The topological polar surface area (TPSA) is 33.0 Å². The lowest BCUT2D eigenvalue weighted by Crippen LogP contribution is -2.37. The van der Waals surface area contributed by atoms with E-state index in [0.717, 1.165) is 11.1 Å². The Morgan fingerprint density at radius 1 is 0.880 bits per heavy atom. The smallest absolute Gasteiger partial charge is 0.227 e. The molecule has 3 rings (SSSR count). The molecule has 126 valence electrons. The molecule has 1 N–H and O–H groups in total. The van der Waals surface area contributed by atoms with Crippen LogP contribution in [0.2, 0.25) is 0 Å². The average Bonchev–Trinajstić information content (AvgIpc) is 2.67. The molecule has 0 spiro atoms. The highest BCUT2D eigenvalue weighted by Crippen LogP contribution is 2.21. The maximum atomic E-state index is 12.5. The Morgan fingerprint density at radius 2 is 1.40 bits per heavy atom. The van der Waals surface area contributed by atoms with Crippen LogP contribution >= 0.6 is 0 Å². The first kappa shape index (κ1) is 16.9. The van der Waals surface area contributed by atoms with Gasteiger partial charge < -0.3 is 5.32 Å². The molecule has 3 heteroatoms. The van der Waals surface area contributed by atoms with E-state index >= 15 is 0 Å². The van der Waals surface area contributed by atoms with E-state index in [1.165, 1.54) is 5.56 Å². The van der Waals surface area contributed by atoms with Gasteiger partial charge in [-0.1, -0.05) is 60.7 Å². The van der Waals surface area contributed by atoms with Crippen LogP contribution in [-0.2, 0) is 11.3 Å². The van der Waals surface area contributed by atoms with Crippen LogP contribution in [0, 0.1) is 6.92 Å². The number of nitrogens with zero attached hydrogens (tertiary/aromatic N) is 1. The monoisotopic (exact) mass is 331 g/mol. The number of amides is 1. The Kier molecular flexibility index (Phi) is 5.57. The summed E-state index contributed by atoms with van der Waals surface area (Å²) in [6, 6.07) is 24.1. The highest BCUT2D eigenvalue weighted by molar-refractivity contribution is 5.76. The van der Waals surface area contributed by atoms with Crippen molar-refractivity contribution in [1.29, 1.82) is 0 Å². The van der Waals surface area contributed by atoms with Gasteiger partial charge in [0.1, 0.15) is 0 Å². The van der Waals surface area contributed by atoms with E-state index in [4.69, 9.17) is 0 Å². The van der Waals surface area contributed by atoms with E-state index in [1.54, 1.807) is 0 Å². The molecule has 1 heterocycles. The molecule has 0 saturated carbocycles. The van der Waals surface area contributed by atoms with Crippen LogP contribution in [0.5, 0.6) is 0 Å². The normalized spacial score (nSPS) is 10.6. The van der Waals surface area contributed by atoms with E-state index in [2.05, 4.69) is 24.4 Å². The fourth-order valence-electron chi connectivity index (χ4n) is 2.79. The van der Waals surface area contributed by atoms with Gasteiger partial charge in [0.2, 0.25) is 5.91 Å². The molecule has 0 aliphatic heterocycles. The molecule has 0 saturated heterocycles. The summed E-state index contributed by atoms with van der Waals surface area (Å²) in [5.74, 6) is 0.0470. The van der Waals surface area contributed by atoms with Gasteiger partial charge in [-0.25, -0.2) is 4.57 Å². The number of aromatic nitrogens is 1. The number of carbonyl (C=O) groups excluding carboxylic acids is 1. The molecule has 0 unspecified atom stereocenters. The summed E-state index contributed by atoms with van der Waals surface area (Å²) in [6.07, 6.45) is 4.47. The van der Waals surface area contributed by atoms with Gasteiger partial charge in [0.15, 0.2) is 18.9 Å². The summed E-state index contributed by atoms with van der Waals surface area (Å²) in [5.41, 5.74) is 3.39. The summed E-state index contributed by atoms with van der Waals surface area (Å²) in [6.45, 7) is 2.73. The number of carbonyl (C=O) groups is 1. The zero-order valence-electron chi connectivity index (χ0n) is 14.4. The van der Waals surface area contributed by atoms with Crippen LogP contribution in [0.25, 0.3) is 0 Å². The number of rotatable bonds is 6. The van der Waals surface area contributed by atoms with Gasteiger partial charge in [-0.05, 0) is 23.6 Å². The molecule has 3 aromatic rings. The van der Waals surface area contributed by atoms with Crippen molar-refractivity contribution in [2.24, 2.45) is 0 Å². The van der Waals surface area contributed by atoms with Gasteiger partial charge in [0.25, 0.3) is 0 Å². The third kappa shape index (κ3) is 4.77. The second-order valence-corrected chi connectivity index (χ2v) is 6.19. The molecule has 0 atom stereocenters. The Labute approximate surface area is 149 Å². The van der Waals surface area contributed by atoms with Crippen LogP contribution in [0.4, 0.5) is 0 Å². The number of aryl methyl sites for hydroxylation is 2. The highest BCUT2D eigenvalue weighted by Gasteiger charge is 2.17.